The molecule has 2 heterocycles. The summed E-state index contributed by atoms with van der Waals surface area (Å²) >= 11 is 0. The molecule has 0 spiro atoms. The van der Waals surface area contributed by atoms with Crippen molar-refractivity contribution in [3.8, 4) is 17.2 Å². The highest BCUT2D eigenvalue weighted by molar-refractivity contribution is 5.77. The van der Waals surface area contributed by atoms with Crippen molar-refractivity contribution in [3.63, 3.8) is 0 Å². The van der Waals surface area contributed by atoms with Crippen molar-refractivity contribution in [1.82, 2.24) is 15.0 Å². The van der Waals surface area contributed by atoms with E-state index < -0.39 is 0 Å². The standard InChI is InChI=1S/C18H14N4O2/c1-23-14-7-8-15-16(9-14)24-17(22-15)12-10-19-18(20-11-12)21-13-5-3-2-4-6-13/h2-11H,1H3,(H,19,20,21). The first-order valence-electron chi connectivity index (χ1n) is 7.41. The van der Waals surface area contributed by atoms with Crippen molar-refractivity contribution in [3.05, 3.63) is 60.9 Å². The maximum atomic E-state index is 5.76. The molecule has 0 aliphatic rings. The van der Waals surface area contributed by atoms with Crippen LogP contribution >= 0.6 is 0 Å². The molecule has 0 amide bonds. The molecule has 0 saturated carbocycles. The van der Waals surface area contributed by atoms with E-state index >= 15 is 0 Å². The predicted molar refractivity (Wildman–Crippen MR) is 91.3 cm³/mol. The van der Waals surface area contributed by atoms with Crippen molar-refractivity contribution in [2.75, 3.05) is 12.4 Å². The van der Waals surface area contributed by atoms with E-state index in [-0.39, 0.29) is 0 Å². The molecule has 2 aromatic heterocycles. The fourth-order valence-electron chi connectivity index (χ4n) is 2.31. The van der Waals surface area contributed by atoms with Gasteiger partial charge < -0.3 is 14.5 Å². The summed E-state index contributed by atoms with van der Waals surface area (Å²) in [5, 5.41) is 3.13. The van der Waals surface area contributed by atoms with Crippen molar-refractivity contribution in [2.45, 2.75) is 0 Å². The molecule has 1 N–H and O–H groups in total. The van der Waals surface area contributed by atoms with Gasteiger partial charge >= 0.3 is 0 Å². The molecule has 0 aliphatic carbocycles. The number of aromatic nitrogens is 3. The number of rotatable bonds is 4. The van der Waals surface area contributed by atoms with Gasteiger partial charge in [-0.1, -0.05) is 18.2 Å². The lowest BCUT2D eigenvalue weighted by Crippen LogP contribution is -1.96. The highest BCUT2D eigenvalue weighted by atomic mass is 16.5. The summed E-state index contributed by atoms with van der Waals surface area (Å²) in [5.41, 5.74) is 3.07. The summed E-state index contributed by atoms with van der Waals surface area (Å²) in [6.07, 6.45) is 3.36. The Morgan fingerprint density at radius 2 is 1.79 bits per heavy atom. The quantitative estimate of drug-likeness (QED) is 0.612. The molecule has 4 aromatic rings. The maximum absolute atomic E-state index is 5.76. The molecule has 6 nitrogen and oxygen atoms in total. The van der Waals surface area contributed by atoms with Gasteiger partial charge in [0.05, 0.1) is 12.7 Å². The molecule has 2 aromatic carbocycles. The second-order valence-electron chi connectivity index (χ2n) is 5.14. The van der Waals surface area contributed by atoms with Crippen LogP contribution in [0, 0.1) is 0 Å². The Labute approximate surface area is 138 Å². The third-order valence-electron chi connectivity index (χ3n) is 3.52. The number of methoxy groups -OCH3 is 1. The van der Waals surface area contributed by atoms with Crippen LogP contribution in [0.3, 0.4) is 0 Å². The number of nitrogens with zero attached hydrogens (tertiary/aromatic N) is 3. The zero-order chi connectivity index (χ0) is 16.4. The summed E-state index contributed by atoms with van der Waals surface area (Å²) in [4.78, 5) is 13.1. The SMILES string of the molecule is COc1ccc2nc(-c3cnc(Nc4ccccc4)nc3)oc2c1. The molecule has 24 heavy (non-hydrogen) atoms. The van der Waals surface area contributed by atoms with E-state index in [0.29, 0.717) is 23.0 Å². The number of benzene rings is 2. The van der Waals surface area contributed by atoms with E-state index in [1.807, 2.05) is 42.5 Å². The first kappa shape index (κ1) is 14.2. The number of fused-ring (bicyclic) bond motifs is 1. The molecule has 118 valence electrons. The number of ether oxygens (including phenoxy) is 1. The predicted octanol–water partition coefficient (Wildman–Crippen LogP) is 4.04. The largest absolute Gasteiger partial charge is 0.497 e. The number of hydrogen-bond donors (Lipinski definition) is 1. The van der Waals surface area contributed by atoms with Gasteiger partial charge in [-0.25, -0.2) is 15.0 Å². The van der Waals surface area contributed by atoms with Gasteiger partial charge in [0, 0.05) is 24.1 Å². The lowest BCUT2D eigenvalue weighted by Gasteiger charge is -2.03. The number of anilines is 2. The van der Waals surface area contributed by atoms with E-state index in [4.69, 9.17) is 9.15 Å². The molecular formula is C18H14N4O2. The van der Waals surface area contributed by atoms with Gasteiger partial charge in [0.15, 0.2) is 5.58 Å². The van der Waals surface area contributed by atoms with E-state index in [1.165, 1.54) is 0 Å². The van der Waals surface area contributed by atoms with Crippen LogP contribution in [0.1, 0.15) is 0 Å². The monoisotopic (exact) mass is 318 g/mol. The van der Waals surface area contributed by atoms with Crippen LogP contribution in [0.5, 0.6) is 5.75 Å². The topological polar surface area (TPSA) is 73.1 Å². The average Bonchev–Trinajstić information content (AvgIpc) is 3.06. The molecule has 0 atom stereocenters. The Morgan fingerprint density at radius 1 is 1.00 bits per heavy atom. The Kier molecular flexibility index (Phi) is 3.55. The summed E-state index contributed by atoms with van der Waals surface area (Å²) in [7, 11) is 1.62. The van der Waals surface area contributed by atoms with Crippen LogP contribution in [-0.4, -0.2) is 22.1 Å². The van der Waals surface area contributed by atoms with E-state index in [0.717, 1.165) is 17.0 Å². The molecule has 6 heteroatoms. The molecule has 0 unspecified atom stereocenters. The Bertz CT molecular complexity index is 965. The normalized spacial score (nSPS) is 10.7. The van der Waals surface area contributed by atoms with Gasteiger partial charge in [0.1, 0.15) is 11.3 Å². The fourth-order valence-corrected chi connectivity index (χ4v) is 2.31. The lowest BCUT2D eigenvalue weighted by molar-refractivity contribution is 0.414. The minimum Gasteiger partial charge on any atom is -0.497 e. The van der Waals surface area contributed by atoms with Gasteiger partial charge in [0.25, 0.3) is 0 Å². The zero-order valence-electron chi connectivity index (χ0n) is 12.9. The molecule has 0 fully saturated rings. The second-order valence-corrected chi connectivity index (χ2v) is 5.14. The first-order chi connectivity index (χ1) is 11.8. The van der Waals surface area contributed by atoms with Crippen LogP contribution in [0.15, 0.2) is 65.3 Å². The van der Waals surface area contributed by atoms with Crippen molar-refractivity contribution >= 4 is 22.7 Å². The average molecular weight is 318 g/mol. The minimum absolute atomic E-state index is 0.476. The molecule has 0 saturated heterocycles. The molecule has 0 aliphatic heterocycles. The Hall–Kier alpha value is -3.41. The Morgan fingerprint density at radius 3 is 2.54 bits per heavy atom. The number of nitrogens with one attached hydrogen (secondary N) is 1. The summed E-state index contributed by atoms with van der Waals surface area (Å²) in [6.45, 7) is 0. The van der Waals surface area contributed by atoms with Crippen LogP contribution in [0.2, 0.25) is 0 Å². The van der Waals surface area contributed by atoms with Gasteiger partial charge in [-0.2, -0.15) is 0 Å². The highest BCUT2D eigenvalue weighted by Gasteiger charge is 2.10. The van der Waals surface area contributed by atoms with Crippen LogP contribution in [-0.2, 0) is 0 Å². The van der Waals surface area contributed by atoms with Crippen molar-refractivity contribution in [1.29, 1.82) is 0 Å². The maximum Gasteiger partial charge on any atom is 0.230 e. The van der Waals surface area contributed by atoms with Crippen molar-refractivity contribution in [2.24, 2.45) is 0 Å². The highest BCUT2D eigenvalue weighted by Crippen LogP contribution is 2.26. The molecule has 0 bridgehead atoms. The third kappa shape index (κ3) is 2.77. The molecule has 4 rings (SSSR count). The summed E-state index contributed by atoms with van der Waals surface area (Å²) < 4.78 is 11.0. The zero-order valence-corrected chi connectivity index (χ0v) is 12.9. The number of para-hydroxylation sites is 1. The van der Waals surface area contributed by atoms with Crippen LogP contribution in [0.4, 0.5) is 11.6 Å². The Balaban J connectivity index is 1.60. The summed E-state index contributed by atoms with van der Waals surface area (Å²) in [5.74, 6) is 1.72. The first-order valence-corrected chi connectivity index (χ1v) is 7.41. The minimum atomic E-state index is 0.476. The van der Waals surface area contributed by atoms with Crippen molar-refractivity contribution < 1.29 is 9.15 Å². The smallest absolute Gasteiger partial charge is 0.230 e. The van der Waals surface area contributed by atoms with E-state index in [1.54, 1.807) is 25.6 Å². The lowest BCUT2D eigenvalue weighted by atomic mass is 10.3. The number of oxazole rings is 1. The van der Waals surface area contributed by atoms with Gasteiger partial charge in [0.2, 0.25) is 11.8 Å². The summed E-state index contributed by atoms with van der Waals surface area (Å²) in [6, 6.07) is 15.3. The number of hydrogen-bond acceptors (Lipinski definition) is 6. The van der Waals surface area contributed by atoms with Crippen LogP contribution in [0.25, 0.3) is 22.6 Å². The molecular weight excluding hydrogens is 304 g/mol. The van der Waals surface area contributed by atoms with Gasteiger partial charge in [-0.3, -0.25) is 0 Å². The fraction of sp³-hybridized carbons (Fsp3) is 0.0556. The van der Waals surface area contributed by atoms with Gasteiger partial charge in [-0.05, 0) is 24.3 Å². The van der Waals surface area contributed by atoms with Crippen LogP contribution < -0.4 is 10.1 Å². The van der Waals surface area contributed by atoms with Gasteiger partial charge in [-0.15, -0.1) is 0 Å². The third-order valence-corrected chi connectivity index (χ3v) is 3.52. The molecule has 0 radical (unpaired) electrons. The van der Waals surface area contributed by atoms with E-state index in [9.17, 15) is 0 Å². The van der Waals surface area contributed by atoms with E-state index in [2.05, 4.69) is 20.3 Å². The second kappa shape index (κ2) is 6.00.